The van der Waals surface area contributed by atoms with E-state index in [1.807, 2.05) is 4.90 Å². The van der Waals surface area contributed by atoms with Crippen molar-refractivity contribution in [2.45, 2.75) is 78.7 Å². The van der Waals surface area contributed by atoms with Crippen LogP contribution in [0.5, 0.6) is 0 Å². The van der Waals surface area contributed by atoms with Gasteiger partial charge in [0.15, 0.2) is 0 Å². The molecule has 0 aromatic heterocycles. The van der Waals surface area contributed by atoms with Crippen molar-refractivity contribution in [1.29, 1.82) is 0 Å². The van der Waals surface area contributed by atoms with Crippen molar-refractivity contribution in [3.63, 3.8) is 0 Å². The van der Waals surface area contributed by atoms with Crippen LogP contribution in [-0.4, -0.2) is 58.4 Å². The fraction of sp³-hybridized carbons (Fsp3) is 0.857. The van der Waals surface area contributed by atoms with Crippen LogP contribution in [0.15, 0.2) is 0 Å². The van der Waals surface area contributed by atoms with E-state index in [2.05, 4.69) is 20.8 Å². The number of likely N-dealkylation sites (tertiary alicyclic amines) is 1. The number of carbonyl (C=O) groups is 3. The number of aliphatic carboxylic acids is 1. The Kier molecular flexibility index (Phi) is 7.29. The second-order valence-electron chi connectivity index (χ2n) is 9.49. The summed E-state index contributed by atoms with van der Waals surface area (Å²) in [6, 6.07) is -0.0926. The number of amides is 2. The van der Waals surface area contributed by atoms with Crippen molar-refractivity contribution < 1.29 is 19.5 Å². The molecular weight excluding hydrogens is 344 g/mol. The molecule has 154 valence electrons. The predicted octanol–water partition coefficient (Wildman–Crippen LogP) is 3.15. The minimum absolute atomic E-state index is 0.0926. The lowest BCUT2D eigenvalue weighted by molar-refractivity contribution is -0.145. The average molecular weight is 381 g/mol. The van der Waals surface area contributed by atoms with Gasteiger partial charge >= 0.3 is 5.97 Å². The quantitative estimate of drug-likeness (QED) is 0.795. The fourth-order valence-corrected chi connectivity index (χ4v) is 5.36. The molecule has 0 spiro atoms. The van der Waals surface area contributed by atoms with E-state index >= 15 is 0 Å². The number of carboxylic acid groups (broad SMARTS) is 1. The molecule has 3 unspecified atom stereocenters. The zero-order chi connectivity index (χ0) is 20.2. The summed E-state index contributed by atoms with van der Waals surface area (Å²) >= 11 is 0. The third kappa shape index (κ3) is 6.51. The highest BCUT2D eigenvalue weighted by atomic mass is 16.4. The van der Waals surface area contributed by atoms with Gasteiger partial charge in [0.2, 0.25) is 11.8 Å². The maximum atomic E-state index is 12.9. The van der Waals surface area contributed by atoms with Crippen molar-refractivity contribution in [3.8, 4) is 0 Å². The normalized spacial score (nSPS) is 28.3. The lowest BCUT2D eigenvalue weighted by Crippen LogP contribution is -2.43. The van der Waals surface area contributed by atoms with Gasteiger partial charge in [-0.1, -0.05) is 20.8 Å². The first-order chi connectivity index (χ1) is 12.6. The second-order valence-corrected chi connectivity index (χ2v) is 9.49. The van der Waals surface area contributed by atoms with Crippen LogP contribution in [0.25, 0.3) is 0 Å². The van der Waals surface area contributed by atoms with Crippen molar-refractivity contribution in [1.82, 2.24) is 9.80 Å². The van der Waals surface area contributed by atoms with E-state index in [9.17, 15) is 14.4 Å². The molecule has 0 aromatic carbocycles. The highest BCUT2D eigenvalue weighted by Gasteiger charge is 2.34. The Morgan fingerprint density at radius 3 is 2.44 bits per heavy atom. The summed E-state index contributed by atoms with van der Waals surface area (Å²) in [5, 5.41) is 9.06. The molecule has 1 aliphatic carbocycles. The summed E-state index contributed by atoms with van der Waals surface area (Å²) in [4.78, 5) is 39.2. The highest BCUT2D eigenvalue weighted by Crippen LogP contribution is 2.43. The molecule has 2 fully saturated rings. The monoisotopic (exact) mass is 380 g/mol. The van der Waals surface area contributed by atoms with Crippen LogP contribution in [-0.2, 0) is 14.4 Å². The third-order valence-electron chi connectivity index (χ3n) is 6.14. The highest BCUT2D eigenvalue weighted by molar-refractivity contribution is 5.80. The molecule has 0 bridgehead atoms. The minimum atomic E-state index is -0.989. The van der Waals surface area contributed by atoms with Crippen LogP contribution in [0.1, 0.15) is 72.6 Å². The molecular formula is C21H36N2O4. The molecule has 0 aromatic rings. The van der Waals surface area contributed by atoms with E-state index in [0.717, 1.165) is 25.7 Å². The molecule has 6 nitrogen and oxygen atoms in total. The molecule has 1 saturated carbocycles. The summed E-state index contributed by atoms with van der Waals surface area (Å²) in [5.74, 6) is 0.145. The summed E-state index contributed by atoms with van der Waals surface area (Å²) in [5.41, 5.74) is 0.311. The zero-order valence-corrected chi connectivity index (χ0v) is 17.4. The first-order valence-electron chi connectivity index (χ1n) is 10.3. The Hall–Kier alpha value is -1.59. The number of hydrogen-bond donors (Lipinski definition) is 1. The number of hydrogen-bond acceptors (Lipinski definition) is 3. The van der Waals surface area contributed by atoms with Crippen molar-refractivity contribution >= 4 is 17.8 Å². The second kappa shape index (κ2) is 9.07. The number of carboxylic acids is 1. The van der Waals surface area contributed by atoms with E-state index < -0.39 is 5.97 Å². The van der Waals surface area contributed by atoms with Crippen LogP contribution in [0.2, 0.25) is 0 Å². The Labute approximate surface area is 163 Å². The lowest BCUT2D eigenvalue weighted by Gasteiger charge is -2.39. The molecule has 2 amide bonds. The van der Waals surface area contributed by atoms with Gasteiger partial charge in [-0.25, -0.2) is 0 Å². The molecule has 1 heterocycles. The Morgan fingerprint density at radius 2 is 1.85 bits per heavy atom. The van der Waals surface area contributed by atoms with Crippen molar-refractivity contribution in [2.75, 3.05) is 19.6 Å². The first-order valence-corrected chi connectivity index (χ1v) is 10.3. The molecule has 2 rings (SSSR count). The molecule has 6 heteroatoms. The summed E-state index contributed by atoms with van der Waals surface area (Å²) in [6.07, 6.45) is 6.30. The summed E-state index contributed by atoms with van der Waals surface area (Å²) in [7, 11) is 0. The maximum Gasteiger partial charge on any atom is 0.323 e. The van der Waals surface area contributed by atoms with Gasteiger partial charge in [-0.3, -0.25) is 14.4 Å². The average Bonchev–Trinajstić information content (AvgIpc) is 2.76. The van der Waals surface area contributed by atoms with E-state index in [1.165, 1.54) is 18.2 Å². The van der Waals surface area contributed by atoms with Gasteiger partial charge in [0.25, 0.3) is 0 Å². The smallest absolute Gasteiger partial charge is 0.323 e. The van der Waals surface area contributed by atoms with Crippen LogP contribution in [0.4, 0.5) is 0 Å². The SMILES string of the molecule is CC(=O)N(CC(=O)O)C1CCCN(C(=O)CC2CC(C)CC(C)(C)C2)CC1. The van der Waals surface area contributed by atoms with Gasteiger partial charge in [0.05, 0.1) is 0 Å². The fourth-order valence-electron chi connectivity index (χ4n) is 5.36. The molecule has 1 N–H and O–H groups in total. The van der Waals surface area contributed by atoms with Gasteiger partial charge in [0.1, 0.15) is 6.54 Å². The molecule has 27 heavy (non-hydrogen) atoms. The van der Waals surface area contributed by atoms with E-state index in [1.54, 1.807) is 0 Å². The molecule has 0 radical (unpaired) electrons. The van der Waals surface area contributed by atoms with Crippen molar-refractivity contribution in [2.24, 2.45) is 17.3 Å². The Bertz CT molecular complexity index is 560. The van der Waals surface area contributed by atoms with Crippen LogP contribution < -0.4 is 0 Å². The number of rotatable bonds is 5. The number of nitrogens with zero attached hydrogens (tertiary/aromatic N) is 2. The third-order valence-corrected chi connectivity index (χ3v) is 6.14. The van der Waals surface area contributed by atoms with Gasteiger partial charge < -0.3 is 14.9 Å². The van der Waals surface area contributed by atoms with E-state index in [4.69, 9.17) is 5.11 Å². The number of carbonyl (C=O) groups excluding carboxylic acids is 2. The molecule has 1 aliphatic heterocycles. The van der Waals surface area contributed by atoms with Gasteiger partial charge in [-0.2, -0.15) is 0 Å². The van der Waals surface area contributed by atoms with Crippen LogP contribution in [0, 0.1) is 17.3 Å². The maximum absolute atomic E-state index is 12.9. The minimum Gasteiger partial charge on any atom is -0.480 e. The Balaban J connectivity index is 1.92. The standard InChI is InChI=1S/C21H36N2O4/c1-15-10-17(13-21(3,4)12-15)11-19(25)22-8-5-6-18(7-9-22)23(16(2)24)14-20(26)27/h15,17-18H,5-14H2,1-4H3,(H,26,27). The van der Waals surface area contributed by atoms with E-state index in [0.29, 0.717) is 43.2 Å². The van der Waals surface area contributed by atoms with Crippen molar-refractivity contribution in [3.05, 3.63) is 0 Å². The predicted molar refractivity (Wildman–Crippen MR) is 104 cm³/mol. The zero-order valence-electron chi connectivity index (χ0n) is 17.4. The first kappa shape index (κ1) is 21.7. The van der Waals surface area contributed by atoms with Gasteiger partial charge in [-0.15, -0.1) is 0 Å². The van der Waals surface area contributed by atoms with Gasteiger partial charge in [0, 0.05) is 32.5 Å². The van der Waals surface area contributed by atoms with Gasteiger partial charge in [-0.05, 0) is 55.8 Å². The summed E-state index contributed by atoms with van der Waals surface area (Å²) < 4.78 is 0. The van der Waals surface area contributed by atoms with Crippen LogP contribution >= 0.6 is 0 Å². The molecule has 1 saturated heterocycles. The molecule has 3 atom stereocenters. The topological polar surface area (TPSA) is 77.9 Å². The molecule has 2 aliphatic rings. The van der Waals surface area contributed by atoms with Crippen LogP contribution in [0.3, 0.4) is 0 Å². The Morgan fingerprint density at radius 1 is 1.15 bits per heavy atom. The van der Waals surface area contributed by atoms with E-state index in [-0.39, 0.29) is 24.4 Å². The summed E-state index contributed by atoms with van der Waals surface area (Å²) in [6.45, 7) is 9.36. The lowest BCUT2D eigenvalue weighted by atomic mass is 9.67. The largest absolute Gasteiger partial charge is 0.480 e.